The maximum atomic E-state index is 10.3. The summed E-state index contributed by atoms with van der Waals surface area (Å²) in [6, 6.07) is 5.48. The molecule has 2 unspecified atom stereocenters. The van der Waals surface area contributed by atoms with Crippen molar-refractivity contribution in [1.29, 1.82) is 0 Å². The Morgan fingerprint density at radius 2 is 2.22 bits per heavy atom. The molecule has 4 nitrogen and oxygen atoms in total. The molecule has 0 radical (unpaired) electrons. The standard InChI is InChI=1S/C14H20O4/c1-16-11-3-4-14(17-2)12(8-11)13(15)7-10-5-6-18-9-10/h3-4,8,10,13,15H,5-7,9H2,1-2H3. The van der Waals surface area contributed by atoms with Gasteiger partial charge in [-0.3, -0.25) is 0 Å². The van der Waals surface area contributed by atoms with Crippen LogP contribution in [0.4, 0.5) is 0 Å². The normalized spacial score (nSPS) is 20.7. The van der Waals surface area contributed by atoms with Crippen LogP contribution in [0.2, 0.25) is 0 Å². The molecule has 4 heteroatoms. The van der Waals surface area contributed by atoms with Crippen LogP contribution in [0.1, 0.15) is 24.5 Å². The number of aliphatic hydroxyl groups is 1. The molecule has 2 atom stereocenters. The summed E-state index contributed by atoms with van der Waals surface area (Å²) in [6.07, 6.45) is 1.18. The van der Waals surface area contributed by atoms with E-state index in [9.17, 15) is 5.11 Å². The quantitative estimate of drug-likeness (QED) is 0.872. The van der Waals surface area contributed by atoms with Gasteiger partial charge in [0.25, 0.3) is 0 Å². The summed E-state index contributed by atoms with van der Waals surface area (Å²) in [7, 11) is 3.22. The molecule has 1 N–H and O–H groups in total. The van der Waals surface area contributed by atoms with Crippen molar-refractivity contribution < 1.29 is 19.3 Å². The number of hydrogen-bond acceptors (Lipinski definition) is 4. The summed E-state index contributed by atoms with van der Waals surface area (Å²) >= 11 is 0. The third-order valence-corrected chi connectivity index (χ3v) is 3.38. The molecule has 1 fully saturated rings. The molecule has 1 aromatic rings. The predicted octanol–water partition coefficient (Wildman–Crippen LogP) is 2.16. The molecule has 1 aliphatic heterocycles. The second-order valence-electron chi connectivity index (χ2n) is 4.59. The SMILES string of the molecule is COc1ccc(OC)c(C(O)CC2CCOC2)c1. The van der Waals surface area contributed by atoms with Crippen LogP contribution in [-0.4, -0.2) is 32.5 Å². The van der Waals surface area contributed by atoms with E-state index in [0.717, 1.165) is 30.9 Å². The molecule has 0 spiro atoms. The van der Waals surface area contributed by atoms with Gasteiger partial charge >= 0.3 is 0 Å². The van der Waals surface area contributed by atoms with Crippen LogP contribution in [0.5, 0.6) is 11.5 Å². The van der Waals surface area contributed by atoms with Crippen LogP contribution in [0.3, 0.4) is 0 Å². The number of rotatable bonds is 5. The van der Waals surface area contributed by atoms with Gasteiger partial charge in [-0.05, 0) is 37.0 Å². The lowest BCUT2D eigenvalue weighted by molar-refractivity contribution is 0.127. The largest absolute Gasteiger partial charge is 0.497 e. The highest BCUT2D eigenvalue weighted by molar-refractivity contribution is 5.41. The molecule has 0 aliphatic carbocycles. The lowest BCUT2D eigenvalue weighted by atomic mass is 9.95. The maximum Gasteiger partial charge on any atom is 0.124 e. The highest BCUT2D eigenvalue weighted by atomic mass is 16.5. The monoisotopic (exact) mass is 252 g/mol. The van der Waals surface area contributed by atoms with Crippen molar-refractivity contribution >= 4 is 0 Å². The van der Waals surface area contributed by atoms with Crippen molar-refractivity contribution in [2.75, 3.05) is 27.4 Å². The first kappa shape index (κ1) is 13.2. The minimum absolute atomic E-state index is 0.427. The van der Waals surface area contributed by atoms with Gasteiger partial charge in [-0.15, -0.1) is 0 Å². The first-order valence-corrected chi connectivity index (χ1v) is 6.22. The van der Waals surface area contributed by atoms with E-state index in [-0.39, 0.29) is 0 Å². The molecule has 0 aromatic heterocycles. The van der Waals surface area contributed by atoms with E-state index in [1.807, 2.05) is 18.2 Å². The zero-order valence-corrected chi connectivity index (χ0v) is 10.9. The Hall–Kier alpha value is -1.26. The second kappa shape index (κ2) is 6.07. The summed E-state index contributed by atoms with van der Waals surface area (Å²) in [5, 5.41) is 10.3. The van der Waals surface area contributed by atoms with E-state index >= 15 is 0 Å². The molecule has 1 aliphatic rings. The minimum atomic E-state index is -0.540. The fraction of sp³-hybridized carbons (Fsp3) is 0.571. The van der Waals surface area contributed by atoms with Crippen molar-refractivity contribution in [3.8, 4) is 11.5 Å². The minimum Gasteiger partial charge on any atom is -0.497 e. The van der Waals surface area contributed by atoms with Gasteiger partial charge in [0.05, 0.1) is 20.3 Å². The van der Waals surface area contributed by atoms with Crippen LogP contribution in [0, 0.1) is 5.92 Å². The molecule has 0 amide bonds. The van der Waals surface area contributed by atoms with Crippen molar-refractivity contribution in [3.05, 3.63) is 23.8 Å². The number of ether oxygens (including phenoxy) is 3. The summed E-state index contributed by atoms with van der Waals surface area (Å²) in [5.41, 5.74) is 0.781. The average Bonchev–Trinajstić information content (AvgIpc) is 2.90. The molecule has 2 rings (SSSR count). The molecule has 0 saturated carbocycles. The molecule has 0 bridgehead atoms. The molecule has 18 heavy (non-hydrogen) atoms. The van der Waals surface area contributed by atoms with Gasteiger partial charge in [0.2, 0.25) is 0 Å². The summed E-state index contributed by atoms with van der Waals surface area (Å²) in [6.45, 7) is 1.54. The Kier molecular flexibility index (Phi) is 4.44. The second-order valence-corrected chi connectivity index (χ2v) is 4.59. The lowest BCUT2D eigenvalue weighted by Crippen LogP contribution is -2.08. The van der Waals surface area contributed by atoms with Gasteiger partial charge in [0, 0.05) is 18.8 Å². The van der Waals surface area contributed by atoms with Gasteiger partial charge < -0.3 is 19.3 Å². The third-order valence-electron chi connectivity index (χ3n) is 3.38. The van der Waals surface area contributed by atoms with Gasteiger partial charge in [-0.2, -0.15) is 0 Å². The third kappa shape index (κ3) is 2.94. The topological polar surface area (TPSA) is 47.9 Å². The van der Waals surface area contributed by atoms with Crippen LogP contribution >= 0.6 is 0 Å². The fourth-order valence-corrected chi connectivity index (χ4v) is 2.31. The fourth-order valence-electron chi connectivity index (χ4n) is 2.31. The Balaban J connectivity index is 2.13. The maximum absolute atomic E-state index is 10.3. The predicted molar refractivity (Wildman–Crippen MR) is 68.0 cm³/mol. The number of methoxy groups -OCH3 is 2. The first-order valence-electron chi connectivity index (χ1n) is 6.22. The van der Waals surface area contributed by atoms with E-state index in [2.05, 4.69) is 0 Å². The van der Waals surface area contributed by atoms with Crippen LogP contribution in [0.15, 0.2) is 18.2 Å². The zero-order chi connectivity index (χ0) is 13.0. The van der Waals surface area contributed by atoms with Crippen molar-refractivity contribution in [2.24, 2.45) is 5.92 Å². The van der Waals surface area contributed by atoms with Crippen molar-refractivity contribution in [2.45, 2.75) is 18.9 Å². The number of hydrogen-bond donors (Lipinski definition) is 1. The van der Waals surface area contributed by atoms with Crippen LogP contribution in [0.25, 0.3) is 0 Å². The van der Waals surface area contributed by atoms with E-state index in [1.165, 1.54) is 0 Å². The van der Waals surface area contributed by atoms with E-state index in [1.54, 1.807) is 14.2 Å². The lowest BCUT2D eigenvalue weighted by Gasteiger charge is -2.18. The molecule has 1 saturated heterocycles. The van der Waals surface area contributed by atoms with Gasteiger partial charge in [0.15, 0.2) is 0 Å². The Morgan fingerprint density at radius 1 is 1.39 bits per heavy atom. The molecule has 1 aromatic carbocycles. The van der Waals surface area contributed by atoms with Gasteiger partial charge in [-0.1, -0.05) is 0 Å². The van der Waals surface area contributed by atoms with E-state index < -0.39 is 6.10 Å². The smallest absolute Gasteiger partial charge is 0.124 e. The summed E-state index contributed by atoms with van der Waals surface area (Å²) in [4.78, 5) is 0. The van der Waals surface area contributed by atoms with Crippen LogP contribution in [-0.2, 0) is 4.74 Å². The highest BCUT2D eigenvalue weighted by Crippen LogP contribution is 2.34. The average molecular weight is 252 g/mol. The van der Waals surface area contributed by atoms with Gasteiger partial charge in [0.1, 0.15) is 11.5 Å². The summed E-state index contributed by atoms with van der Waals surface area (Å²) < 4.78 is 15.8. The Morgan fingerprint density at radius 3 is 2.83 bits per heavy atom. The number of benzene rings is 1. The molecule has 100 valence electrons. The summed E-state index contributed by atoms with van der Waals surface area (Å²) in [5.74, 6) is 1.85. The Labute approximate surface area is 107 Å². The molecule has 1 heterocycles. The first-order chi connectivity index (χ1) is 8.74. The van der Waals surface area contributed by atoms with Crippen molar-refractivity contribution in [3.63, 3.8) is 0 Å². The van der Waals surface area contributed by atoms with Crippen LogP contribution < -0.4 is 9.47 Å². The van der Waals surface area contributed by atoms with E-state index in [0.29, 0.717) is 18.1 Å². The van der Waals surface area contributed by atoms with Gasteiger partial charge in [-0.25, -0.2) is 0 Å². The molecular formula is C14H20O4. The van der Waals surface area contributed by atoms with E-state index in [4.69, 9.17) is 14.2 Å². The number of aliphatic hydroxyl groups excluding tert-OH is 1. The van der Waals surface area contributed by atoms with Crippen molar-refractivity contribution in [1.82, 2.24) is 0 Å². The zero-order valence-electron chi connectivity index (χ0n) is 10.9. The Bertz CT molecular complexity index is 385. The highest BCUT2D eigenvalue weighted by Gasteiger charge is 2.22. The molecular weight excluding hydrogens is 232 g/mol.